The third-order valence-corrected chi connectivity index (χ3v) is 5.45. The van der Waals surface area contributed by atoms with E-state index in [0.29, 0.717) is 12.0 Å². The van der Waals surface area contributed by atoms with E-state index in [-0.39, 0.29) is 37.0 Å². The zero-order valence-electron chi connectivity index (χ0n) is 18.2. The second-order valence-corrected chi connectivity index (χ2v) is 7.51. The number of ketones is 1. The fraction of sp³-hybridized carbons (Fsp3) is 0.458. The van der Waals surface area contributed by atoms with Gasteiger partial charge >= 0.3 is 11.9 Å². The van der Waals surface area contributed by atoms with Gasteiger partial charge in [-0.1, -0.05) is 49.8 Å². The van der Waals surface area contributed by atoms with Gasteiger partial charge in [0, 0.05) is 18.8 Å². The van der Waals surface area contributed by atoms with Crippen molar-refractivity contribution in [1.29, 1.82) is 0 Å². The van der Waals surface area contributed by atoms with Gasteiger partial charge in [0.2, 0.25) is 0 Å². The molecule has 0 radical (unpaired) electrons. The van der Waals surface area contributed by atoms with Crippen LogP contribution in [0.2, 0.25) is 0 Å². The van der Waals surface area contributed by atoms with Crippen LogP contribution in [0.25, 0.3) is 0 Å². The zero-order chi connectivity index (χ0) is 23.0. The van der Waals surface area contributed by atoms with E-state index in [0.717, 1.165) is 5.56 Å². The maximum atomic E-state index is 13.1. The fourth-order valence-electron chi connectivity index (χ4n) is 3.75. The molecule has 2 rings (SSSR count). The molecule has 1 aliphatic rings. The lowest BCUT2D eigenvalue weighted by Crippen LogP contribution is -2.35. The molecule has 1 aliphatic carbocycles. The molecule has 0 aromatic heterocycles. The molecule has 7 nitrogen and oxygen atoms in total. The van der Waals surface area contributed by atoms with Crippen LogP contribution in [-0.4, -0.2) is 47.3 Å². The lowest BCUT2D eigenvalue weighted by molar-refractivity contribution is -0.143. The maximum absolute atomic E-state index is 13.1. The molecule has 0 bridgehead atoms. The molecule has 0 unspecified atom stereocenters. The number of ether oxygens (including phenoxy) is 2. The number of carbonyl (C=O) groups excluding carboxylic acids is 3. The molecule has 0 aliphatic heterocycles. The molecule has 168 valence electrons. The Morgan fingerprint density at radius 2 is 1.84 bits per heavy atom. The number of Topliss-reactive ketones (excluding diaryl/α,β-unsaturated/α-hetero) is 1. The Kier molecular flexibility index (Phi) is 9.15. The number of allylic oxidation sites excluding steroid dienone is 1. The van der Waals surface area contributed by atoms with Gasteiger partial charge < -0.3 is 19.7 Å². The molecule has 31 heavy (non-hydrogen) atoms. The smallest absolute Gasteiger partial charge is 0.335 e. The van der Waals surface area contributed by atoms with Crippen molar-refractivity contribution in [3.8, 4) is 0 Å². The summed E-state index contributed by atoms with van der Waals surface area (Å²) in [6, 6.07) is 9.07. The Labute approximate surface area is 182 Å². The van der Waals surface area contributed by atoms with Crippen LogP contribution in [0.1, 0.15) is 45.1 Å². The highest BCUT2D eigenvalue weighted by atomic mass is 16.5. The van der Waals surface area contributed by atoms with Gasteiger partial charge in [-0.2, -0.15) is 0 Å². The van der Waals surface area contributed by atoms with Crippen molar-refractivity contribution in [2.75, 3.05) is 7.11 Å². The summed E-state index contributed by atoms with van der Waals surface area (Å²) in [6.07, 6.45) is -0.670. The highest BCUT2D eigenvalue weighted by Gasteiger charge is 2.39. The lowest BCUT2D eigenvalue weighted by atomic mass is 9.83. The topological polar surface area (TPSA) is 110 Å². The second kappa shape index (κ2) is 11.6. The third kappa shape index (κ3) is 6.12. The first-order chi connectivity index (χ1) is 14.8. The normalized spacial score (nSPS) is 26.0. The Balaban J connectivity index is 2.58. The summed E-state index contributed by atoms with van der Waals surface area (Å²) in [7, 11) is 1.18. The third-order valence-electron chi connectivity index (χ3n) is 5.45. The van der Waals surface area contributed by atoms with Gasteiger partial charge in [-0.3, -0.25) is 4.79 Å². The van der Waals surface area contributed by atoms with Crippen LogP contribution in [0, 0.1) is 5.92 Å². The van der Waals surface area contributed by atoms with E-state index >= 15 is 0 Å². The maximum Gasteiger partial charge on any atom is 0.335 e. The molecule has 3 atom stereocenters. The fourth-order valence-corrected chi connectivity index (χ4v) is 3.75. The summed E-state index contributed by atoms with van der Waals surface area (Å²) < 4.78 is 10.4. The molecule has 0 spiro atoms. The van der Waals surface area contributed by atoms with Crippen molar-refractivity contribution < 1.29 is 34.1 Å². The quantitative estimate of drug-likeness (QED) is 0.527. The first-order valence-electron chi connectivity index (χ1n) is 10.4. The number of esters is 2. The van der Waals surface area contributed by atoms with Crippen LogP contribution in [0.3, 0.4) is 0 Å². The minimum absolute atomic E-state index is 0.00865. The SMILES string of the molecule is C/C=C1/C/C(C(=O)OCc2ccccc2)=C(/C(=O)OC)[C@H](CCC)[C@H](O)C(=O)C[C@@H]1O. The summed E-state index contributed by atoms with van der Waals surface area (Å²) in [4.78, 5) is 38.5. The first kappa shape index (κ1) is 24.5. The van der Waals surface area contributed by atoms with Crippen LogP contribution in [-0.2, 0) is 30.5 Å². The number of rotatable bonds is 6. The van der Waals surface area contributed by atoms with E-state index in [1.54, 1.807) is 25.1 Å². The van der Waals surface area contributed by atoms with Crippen LogP contribution >= 0.6 is 0 Å². The number of hydrogen-bond donors (Lipinski definition) is 2. The van der Waals surface area contributed by atoms with Gasteiger partial charge in [-0.15, -0.1) is 0 Å². The minimum Gasteiger partial charge on any atom is -0.466 e. The van der Waals surface area contributed by atoms with Gasteiger partial charge in [0.05, 0.1) is 24.4 Å². The number of aliphatic hydroxyl groups is 2. The highest BCUT2D eigenvalue weighted by molar-refractivity contribution is 6.02. The molecular weight excluding hydrogens is 400 g/mol. The van der Waals surface area contributed by atoms with Gasteiger partial charge in [-0.25, -0.2) is 9.59 Å². The summed E-state index contributed by atoms with van der Waals surface area (Å²) in [5, 5.41) is 21.2. The number of benzene rings is 1. The summed E-state index contributed by atoms with van der Waals surface area (Å²) in [5.41, 5.74) is 1.08. The lowest BCUT2D eigenvalue weighted by Gasteiger charge is -2.24. The van der Waals surface area contributed by atoms with Gasteiger partial charge in [0.1, 0.15) is 12.7 Å². The van der Waals surface area contributed by atoms with E-state index in [1.165, 1.54) is 7.11 Å². The van der Waals surface area contributed by atoms with E-state index < -0.39 is 35.8 Å². The number of methoxy groups -OCH3 is 1. The highest BCUT2D eigenvalue weighted by Crippen LogP contribution is 2.33. The van der Waals surface area contributed by atoms with Crippen molar-refractivity contribution in [1.82, 2.24) is 0 Å². The predicted molar refractivity (Wildman–Crippen MR) is 114 cm³/mol. The number of hydrogen-bond acceptors (Lipinski definition) is 7. The van der Waals surface area contributed by atoms with Crippen LogP contribution in [0.15, 0.2) is 53.1 Å². The summed E-state index contributed by atoms with van der Waals surface area (Å²) >= 11 is 0. The number of carbonyl (C=O) groups is 3. The van der Waals surface area contributed by atoms with Gasteiger partial charge in [-0.05, 0) is 24.5 Å². The van der Waals surface area contributed by atoms with Gasteiger partial charge in [0.15, 0.2) is 5.78 Å². The molecule has 1 aromatic carbocycles. The van der Waals surface area contributed by atoms with Crippen molar-refractivity contribution in [3.05, 3.63) is 58.7 Å². The van der Waals surface area contributed by atoms with Crippen molar-refractivity contribution in [2.45, 2.75) is 58.3 Å². The molecule has 0 saturated heterocycles. The largest absolute Gasteiger partial charge is 0.466 e. The Bertz CT molecular complexity index is 854. The standard InChI is InChI=1S/C24H30O7/c1-4-9-17-21(24(29)30-3)18(23(28)31-14-15-10-7-6-8-11-15)12-16(5-2)19(25)13-20(26)22(17)27/h5-8,10-11,17,19,22,25,27H,4,9,12-14H2,1-3H3/b16-5-,21-18-/t17-,19-,22-/m0/s1. The molecular formula is C24H30O7. The molecule has 0 saturated carbocycles. The first-order valence-corrected chi connectivity index (χ1v) is 10.4. The average Bonchev–Trinajstić information content (AvgIpc) is 2.81. The van der Waals surface area contributed by atoms with Crippen molar-refractivity contribution in [2.24, 2.45) is 5.92 Å². The monoisotopic (exact) mass is 430 g/mol. The minimum atomic E-state index is -1.54. The Morgan fingerprint density at radius 1 is 1.16 bits per heavy atom. The van der Waals surface area contributed by atoms with E-state index in [9.17, 15) is 24.6 Å². The zero-order valence-corrected chi connectivity index (χ0v) is 18.2. The van der Waals surface area contributed by atoms with E-state index in [1.807, 2.05) is 25.1 Å². The molecule has 0 heterocycles. The number of aliphatic hydroxyl groups excluding tert-OH is 2. The molecule has 1 aromatic rings. The predicted octanol–water partition coefficient (Wildman–Crippen LogP) is 2.65. The van der Waals surface area contributed by atoms with Gasteiger partial charge in [0.25, 0.3) is 0 Å². The Morgan fingerprint density at radius 3 is 2.42 bits per heavy atom. The van der Waals surface area contributed by atoms with Crippen molar-refractivity contribution >= 4 is 17.7 Å². The van der Waals surface area contributed by atoms with Crippen molar-refractivity contribution in [3.63, 3.8) is 0 Å². The average molecular weight is 430 g/mol. The molecule has 2 N–H and O–H groups in total. The van der Waals surface area contributed by atoms with Crippen LogP contribution in [0.5, 0.6) is 0 Å². The summed E-state index contributed by atoms with van der Waals surface area (Å²) in [6.45, 7) is 3.51. The molecule has 0 fully saturated rings. The Hall–Kier alpha value is -2.77. The van der Waals surface area contributed by atoms with Crippen LogP contribution in [0.4, 0.5) is 0 Å². The summed E-state index contributed by atoms with van der Waals surface area (Å²) in [5.74, 6) is -3.08. The van der Waals surface area contributed by atoms with E-state index in [2.05, 4.69) is 0 Å². The van der Waals surface area contributed by atoms with Crippen LogP contribution < -0.4 is 0 Å². The second-order valence-electron chi connectivity index (χ2n) is 7.51. The molecule has 0 amide bonds. The van der Waals surface area contributed by atoms with E-state index in [4.69, 9.17) is 9.47 Å². The molecule has 7 heteroatoms.